The Balaban J connectivity index is 3.60. The van der Waals surface area contributed by atoms with Gasteiger partial charge in [-0.05, 0) is 45.7 Å². The molecule has 0 heterocycles. The van der Waals surface area contributed by atoms with E-state index < -0.39 is 0 Å². The molecule has 0 aliphatic heterocycles. The topological polar surface area (TPSA) is 29.3 Å². The van der Waals surface area contributed by atoms with Crippen molar-refractivity contribution in [3.8, 4) is 0 Å². The van der Waals surface area contributed by atoms with E-state index in [2.05, 4.69) is 46.6 Å². The van der Waals surface area contributed by atoms with Gasteiger partial charge in [0, 0.05) is 12.1 Å². The molecule has 0 rings (SSSR count). The second-order valence-corrected chi connectivity index (χ2v) is 6.39. The van der Waals surface area contributed by atoms with E-state index in [9.17, 15) is 0 Å². The summed E-state index contributed by atoms with van der Waals surface area (Å²) in [6.07, 6.45) is 2.29. The van der Waals surface area contributed by atoms with Crippen LogP contribution in [0.15, 0.2) is 0 Å². The highest BCUT2D eigenvalue weighted by Crippen LogP contribution is 2.15. The van der Waals surface area contributed by atoms with Crippen LogP contribution in [0.25, 0.3) is 0 Å². The highest BCUT2D eigenvalue weighted by Gasteiger charge is 2.14. The Morgan fingerprint density at radius 2 is 1.57 bits per heavy atom. The van der Waals surface area contributed by atoms with E-state index in [0.29, 0.717) is 5.41 Å². The summed E-state index contributed by atoms with van der Waals surface area (Å²) in [6, 6.07) is 0. The maximum atomic E-state index is 5.93. The van der Waals surface area contributed by atoms with Gasteiger partial charge < -0.3 is 10.6 Å². The molecule has 86 valence electrons. The van der Waals surface area contributed by atoms with Crippen LogP contribution in [0, 0.1) is 5.41 Å². The predicted octanol–water partition coefficient (Wildman–Crippen LogP) is 2.48. The molecule has 2 N–H and O–H groups in total. The third-order valence-corrected chi connectivity index (χ3v) is 2.11. The van der Waals surface area contributed by atoms with Crippen molar-refractivity contribution in [2.24, 2.45) is 11.1 Å². The molecular formula is C12H28N2. The molecule has 0 aliphatic rings. The van der Waals surface area contributed by atoms with Crippen LogP contribution in [0.2, 0.25) is 0 Å². The third-order valence-electron chi connectivity index (χ3n) is 2.11. The van der Waals surface area contributed by atoms with Gasteiger partial charge in [-0.25, -0.2) is 0 Å². The van der Waals surface area contributed by atoms with E-state index in [4.69, 9.17) is 5.73 Å². The van der Waals surface area contributed by atoms with Crippen molar-refractivity contribution in [2.75, 3.05) is 20.1 Å². The lowest BCUT2D eigenvalue weighted by molar-refractivity contribution is 0.219. The third kappa shape index (κ3) is 10.0. The quantitative estimate of drug-likeness (QED) is 0.739. The summed E-state index contributed by atoms with van der Waals surface area (Å²) in [7, 11) is 2.19. The van der Waals surface area contributed by atoms with Gasteiger partial charge >= 0.3 is 0 Å². The number of nitrogens with zero attached hydrogens (tertiary/aromatic N) is 1. The van der Waals surface area contributed by atoms with Gasteiger partial charge in [0.15, 0.2) is 0 Å². The van der Waals surface area contributed by atoms with E-state index in [0.717, 1.165) is 19.5 Å². The molecular weight excluding hydrogens is 172 g/mol. The zero-order valence-electron chi connectivity index (χ0n) is 10.9. The van der Waals surface area contributed by atoms with Gasteiger partial charge in [-0.3, -0.25) is 0 Å². The molecule has 0 bridgehead atoms. The Bertz CT molecular complexity index is 151. The van der Waals surface area contributed by atoms with Crippen LogP contribution in [0.5, 0.6) is 0 Å². The summed E-state index contributed by atoms with van der Waals surface area (Å²) < 4.78 is 0. The summed E-state index contributed by atoms with van der Waals surface area (Å²) in [5.41, 5.74) is 6.31. The van der Waals surface area contributed by atoms with Crippen molar-refractivity contribution in [1.82, 2.24) is 4.90 Å². The van der Waals surface area contributed by atoms with Crippen LogP contribution in [-0.4, -0.2) is 30.6 Å². The van der Waals surface area contributed by atoms with Crippen molar-refractivity contribution in [3.05, 3.63) is 0 Å². The van der Waals surface area contributed by atoms with Gasteiger partial charge in [-0.15, -0.1) is 0 Å². The normalized spacial score (nSPS) is 13.7. The molecule has 0 aromatic carbocycles. The van der Waals surface area contributed by atoms with Crippen molar-refractivity contribution in [3.63, 3.8) is 0 Å². The fourth-order valence-electron chi connectivity index (χ4n) is 1.69. The Morgan fingerprint density at radius 3 is 1.93 bits per heavy atom. The van der Waals surface area contributed by atoms with E-state index in [-0.39, 0.29) is 5.54 Å². The van der Waals surface area contributed by atoms with Gasteiger partial charge in [0.05, 0.1) is 0 Å². The van der Waals surface area contributed by atoms with Crippen molar-refractivity contribution < 1.29 is 0 Å². The Kier molecular flexibility index (Phi) is 5.10. The molecule has 0 amide bonds. The Labute approximate surface area is 89.9 Å². The first-order chi connectivity index (χ1) is 6.10. The lowest BCUT2D eigenvalue weighted by Gasteiger charge is -2.27. The van der Waals surface area contributed by atoms with E-state index in [1.54, 1.807) is 0 Å². The number of nitrogens with two attached hydrogens (primary N) is 1. The summed E-state index contributed by atoms with van der Waals surface area (Å²) in [5.74, 6) is 0. The summed E-state index contributed by atoms with van der Waals surface area (Å²) in [4.78, 5) is 2.39. The lowest BCUT2D eigenvalue weighted by atomic mass is 9.95. The van der Waals surface area contributed by atoms with Crippen molar-refractivity contribution >= 4 is 0 Å². The molecule has 0 saturated carbocycles. The predicted molar refractivity (Wildman–Crippen MR) is 64.5 cm³/mol. The lowest BCUT2D eigenvalue weighted by Crippen LogP contribution is -2.34. The molecule has 0 aromatic rings. The van der Waals surface area contributed by atoms with Gasteiger partial charge in [0.2, 0.25) is 0 Å². The van der Waals surface area contributed by atoms with E-state index in [1.807, 2.05) is 0 Å². The standard InChI is InChI=1S/C12H28N2/c1-11(2,3)10-14(6)9-7-8-12(4,5)13/h7-10,13H2,1-6H3. The fourth-order valence-corrected chi connectivity index (χ4v) is 1.69. The van der Waals surface area contributed by atoms with Crippen LogP contribution < -0.4 is 5.73 Å². The minimum Gasteiger partial charge on any atom is -0.326 e. The Morgan fingerprint density at radius 1 is 1.07 bits per heavy atom. The van der Waals surface area contributed by atoms with Crippen LogP contribution in [0.4, 0.5) is 0 Å². The average molecular weight is 200 g/mol. The monoisotopic (exact) mass is 200 g/mol. The van der Waals surface area contributed by atoms with E-state index in [1.165, 1.54) is 6.42 Å². The minimum absolute atomic E-state index is 0.0113. The average Bonchev–Trinajstić information content (AvgIpc) is 1.78. The van der Waals surface area contributed by atoms with Crippen molar-refractivity contribution in [1.29, 1.82) is 0 Å². The SMILES string of the molecule is CN(CCCC(C)(C)N)CC(C)(C)C. The molecule has 2 nitrogen and oxygen atoms in total. The zero-order valence-corrected chi connectivity index (χ0v) is 10.9. The van der Waals surface area contributed by atoms with Crippen LogP contribution in [-0.2, 0) is 0 Å². The first-order valence-electron chi connectivity index (χ1n) is 5.58. The molecule has 0 spiro atoms. The maximum absolute atomic E-state index is 5.93. The second-order valence-electron chi connectivity index (χ2n) is 6.39. The molecule has 0 aliphatic carbocycles. The largest absolute Gasteiger partial charge is 0.326 e. The van der Waals surface area contributed by atoms with Gasteiger partial charge in [-0.2, -0.15) is 0 Å². The highest BCUT2D eigenvalue weighted by molar-refractivity contribution is 4.73. The van der Waals surface area contributed by atoms with Crippen LogP contribution in [0.1, 0.15) is 47.5 Å². The molecule has 0 aromatic heterocycles. The summed E-state index contributed by atoms with van der Waals surface area (Å²) in [5, 5.41) is 0. The molecule has 0 fully saturated rings. The molecule has 0 saturated heterocycles. The zero-order chi connectivity index (χ0) is 11.4. The molecule has 0 unspecified atom stereocenters. The molecule has 0 atom stereocenters. The number of hydrogen-bond acceptors (Lipinski definition) is 2. The molecule has 0 radical (unpaired) electrons. The number of hydrogen-bond donors (Lipinski definition) is 1. The van der Waals surface area contributed by atoms with Gasteiger partial charge in [0.25, 0.3) is 0 Å². The molecule has 14 heavy (non-hydrogen) atoms. The first kappa shape index (κ1) is 13.9. The second kappa shape index (κ2) is 5.13. The summed E-state index contributed by atoms with van der Waals surface area (Å²) in [6.45, 7) is 13.3. The van der Waals surface area contributed by atoms with Gasteiger partial charge in [0.1, 0.15) is 0 Å². The number of rotatable bonds is 5. The van der Waals surface area contributed by atoms with E-state index >= 15 is 0 Å². The Hall–Kier alpha value is -0.0800. The van der Waals surface area contributed by atoms with Crippen molar-refractivity contribution in [2.45, 2.75) is 53.0 Å². The van der Waals surface area contributed by atoms with Crippen LogP contribution >= 0.6 is 0 Å². The summed E-state index contributed by atoms with van der Waals surface area (Å²) >= 11 is 0. The first-order valence-corrected chi connectivity index (χ1v) is 5.58. The fraction of sp³-hybridized carbons (Fsp3) is 1.00. The smallest absolute Gasteiger partial charge is 0.00975 e. The highest BCUT2D eigenvalue weighted by atomic mass is 15.1. The minimum atomic E-state index is -0.0113. The molecule has 2 heteroatoms. The van der Waals surface area contributed by atoms with Gasteiger partial charge in [-0.1, -0.05) is 20.8 Å². The maximum Gasteiger partial charge on any atom is 0.00975 e. The van der Waals surface area contributed by atoms with Crippen LogP contribution in [0.3, 0.4) is 0 Å².